The summed E-state index contributed by atoms with van der Waals surface area (Å²) in [6.07, 6.45) is -6.97. The zero-order valence-corrected chi connectivity index (χ0v) is 8.01. The second-order valence-electron chi connectivity index (χ2n) is 3.20. The number of hydrogen-bond donors (Lipinski definition) is 1. The van der Waals surface area contributed by atoms with Crippen LogP contribution in [0.5, 0.6) is 0 Å². The predicted octanol–water partition coefficient (Wildman–Crippen LogP) is 2.24. The van der Waals surface area contributed by atoms with Crippen molar-refractivity contribution in [1.82, 2.24) is 4.98 Å². The van der Waals surface area contributed by atoms with E-state index in [0.717, 1.165) is 18.3 Å². The highest BCUT2D eigenvalue weighted by Gasteiger charge is 2.34. The second kappa shape index (κ2) is 4.73. The van der Waals surface area contributed by atoms with Gasteiger partial charge in [0.05, 0.1) is 17.3 Å². The summed E-state index contributed by atoms with van der Waals surface area (Å²) in [4.78, 5) is 3.43. The second-order valence-corrected chi connectivity index (χ2v) is 3.20. The molecule has 0 aliphatic rings. The van der Waals surface area contributed by atoms with Gasteiger partial charge in [-0.15, -0.1) is 0 Å². The molecule has 0 bridgehead atoms. The molecule has 0 aliphatic heterocycles. The topological polar surface area (TPSA) is 38.9 Å². The number of alkyl halides is 5. The van der Waals surface area contributed by atoms with Crippen molar-refractivity contribution < 1.29 is 22.0 Å². The average Bonchev–Trinajstić information content (AvgIpc) is 2.16. The quantitative estimate of drug-likeness (QED) is 0.823. The van der Waals surface area contributed by atoms with Gasteiger partial charge < -0.3 is 5.73 Å². The van der Waals surface area contributed by atoms with Gasteiger partial charge in [0.2, 0.25) is 0 Å². The maximum Gasteiger partial charge on any atom is 0.418 e. The number of nitrogens with two attached hydrogens (primary N) is 1. The maximum absolute atomic E-state index is 12.4. The van der Waals surface area contributed by atoms with Crippen molar-refractivity contribution in [2.45, 2.75) is 25.1 Å². The Balaban J connectivity index is 2.96. The summed E-state index contributed by atoms with van der Waals surface area (Å²) in [5.41, 5.74) is 3.53. The molecule has 0 spiro atoms. The molecule has 1 rings (SSSR count). The first kappa shape index (κ1) is 12.8. The molecule has 0 radical (unpaired) electrons. The summed E-state index contributed by atoms with van der Waals surface area (Å²) in [5.74, 6) is 0. The largest absolute Gasteiger partial charge is 0.418 e. The molecule has 90 valence electrons. The van der Waals surface area contributed by atoms with E-state index in [1.807, 2.05) is 0 Å². The molecule has 0 fully saturated rings. The first-order valence-electron chi connectivity index (χ1n) is 4.37. The fraction of sp³-hybridized carbons (Fsp3) is 0.444. The Bertz CT molecular complexity index is 350. The molecular formula is C9H9F5N2. The molecular weight excluding hydrogens is 231 g/mol. The van der Waals surface area contributed by atoms with E-state index >= 15 is 0 Å². The van der Waals surface area contributed by atoms with E-state index in [-0.39, 0.29) is 0 Å². The number of aromatic nitrogens is 1. The van der Waals surface area contributed by atoms with E-state index in [1.54, 1.807) is 0 Å². The summed E-state index contributed by atoms with van der Waals surface area (Å²) < 4.78 is 61.5. The fourth-order valence-electron chi connectivity index (χ4n) is 1.17. The molecule has 0 saturated heterocycles. The highest BCUT2D eigenvalue weighted by atomic mass is 19.4. The van der Waals surface area contributed by atoms with E-state index < -0.39 is 36.3 Å². The molecule has 1 aromatic rings. The normalized spacial score (nSPS) is 14.2. The number of rotatable bonds is 3. The summed E-state index contributed by atoms with van der Waals surface area (Å²) in [6.45, 7) is 0. The van der Waals surface area contributed by atoms with Crippen LogP contribution in [0.25, 0.3) is 0 Å². The minimum absolute atomic E-state index is 0.456. The summed E-state index contributed by atoms with van der Waals surface area (Å²) in [5, 5.41) is 0. The van der Waals surface area contributed by atoms with Gasteiger partial charge in [0, 0.05) is 12.6 Å². The number of hydrogen-bond acceptors (Lipinski definition) is 2. The van der Waals surface area contributed by atoms with Crippen molar-refractivity contribution in [3.05, 3.63) is 29.6 Å². The highest BCUT2D eigenvalue weighted by Crippen LogP contribution is 2.31. The van der Waals surface area contributed by atoms with Crippen LogP contribution in [0.15, 0.2) is 18.3 Å². The first-order chi connectivity index (χ1) is 7.32. The fourth-order valence-corrected chi connectivity index (χ4v) is 1.17. The van der Waals surface area contributed by atoms with Gasteiger partial charge in [0.1, 0.15) is 0 Å². The van der Waals surface area contributed by atoms with Crippen LogP contribution in [0.4, 0.5) is 22.0 Å². The minimum atomic E-state index is -4.61. The Morgan fingerprint density at radius 2 is 1.94 bits per heavy atom. The van der Waals surface area contributed by atoms with Crippen LogP contribution in [-0.2, 0) is 12.6 Å². The number of pyridine rings is 1. The Labute approximate surface area is 88.3 Å². The van der Waals surface area contributed by atoms with Crippen molar-refractivity contribution in [2.24, 2.45) is 5.73 Å². The molecule has 7 heteroatoms. The molecule has 1 unspecified atom stereocenters. The van der Waals surface area contributed by atoms with Crippen LogP contribution in [0, 0.1) is 0 Å². The van der Waals surface area contributed by atoms with Gasteiger partial charge in [0.25, 0.3) is 6.43 Å². The number of halogens is 5. The summed E-state index contributed by atoms with van der Waals surface area (Å²) in [6, 6.07) is 0.247. The van der Waals surface area contributed by atoms with Crippen LogP contribution < -0.4 is 5.73 Å². The van der Waals surface area contributed by atoms with E-state index in [1.165, 1.54) is 0 Å². The SMILES string of the molecule is NC(Cc1ncccc1C(F)(F)F)C(F)F. The lowest BCUT2D eigenvalue weighted by Crippen LogP contribution is -2.32. The predicted molar refractivity (Wildman–Crippen MR) is 46.9 cm³/mol. The molecule has 0 aromatic carbocycles. The standard InChI is InChI=1S/C9H9F5N2/c10-8(11)6(15)4-7-5(9(12,13)14)2-1-3-16-7/h1-3,6,8H,4,15H2. The van der Waals surface area contributed by atoms with E-state index in [0.29, 0.717) is 0 Å². The molecule has 16 heavy (non-hydrogen) atoms. The summed E-state index contributed by atoms with van der Waals surface area (Å²) in [7, 11) is 0. The van der Waals surface area contributed by atoms with Crippen LogP contribution >= 0.6 is 0 Å². The van der Waals surface area contributed by atoms with Crippen LogP contribution in [0.3, 0.4) is 0 Å². The van der Waals surface area contributed by atoms with Gasteiger partial charge in [-0.3, -0.25) is 4.98 Å². The third-order valence-corrected chi connectivity index (χ3v) is 1.95. The van der Waals surface area contributed by atoms with Crippen LogP contribution in [0.2, 0.25) is 0 Å². The Kier molecular flexibility index (Phi) is 3.79. The Morgan fingerprint density at radius 1 is 1.31 bits per heavy atom. The number of nitrogens with zero attached hydrogens (tertiary/aromatic N) is 1. The zero-order valence-electron chi connectivity index (χ0n) is 8.01. The molecule has 1 aromatic heterocycles. The van der Waals surface area contributed by atoms with Gasteiger partial charge in [-0.2, -0.15) is 13.2 Å². The zero-order chi connectivity index (χ0) is 12.3. The molecule has 0 saturated carbocycles. The lowest BCUT2D eigenvalue weighted by Gasteiger charge is -2.14. The highest BCUT2D eigenvalue weighted by molar-refractivity contribution is 5.23. The van der Waals surface area contributed by atoms with Crippen LogP contribution in [0.1, 0.15) is 11.3 Å². The molecule has 0 aliphatic carbocycles. The van der Waals surface area contributed by atoms with Crippen molar-refractivity contribution in [3.8, 4) is 0 Å². The molecule has 1 atom stereocenters. The first-order valence-corrected chi connectivity index (χ1v) is 4.37. The molecule has 2 N–H and O–H groups in total. The lowest BCUT2D eigenvalue weighted by molar-refractivity contribution is -0.138. The Morgan fingerprint density at radius 3 is 2.44 bits per heavy atom. The monoisotopic (exact) mass is 240 g/mol. The molecule has 1 heterocycles. The van der Waals surface area contributed by atoms with Gasteiger partial charge in [0.15, 0.2) is 0 Å². The van der Waals surface area contributed by atoms with Crippen molar-refractivity contribution in [1.29, 1.82) is 0 Å². The van der Waals surface area contributed by atoms with Gasteiger partial charge in [-0.05, 0) is 12.1 Å². The Hall–Kier alpha value is -1.24. The third kappa shape index (κ3) is 3.13. The van der Waals surface area contributed by atoms with E-state index in [4.69, 9.17) is 5.73 Å². The maximum atomic E-state index is 12.4. The van der Waals surface area contributed by atoms with Crippen molar-refractivity contribution >= 4 is 0 Å². The lowest BCUT2D eigenvalue weighted by atomic mass is 10.1. The van der Waals surface area contributed by atoms with E-state index in [2.05, 4.69) is 4.98 Å². The van der Waals surface area contributed by atoms with Crippen LogP contribution in [-0.4, -0.2) is 17.5 Å². The van der Waals surface area contributed by atoms with E-state index in [9.17, 15) is 22.0 Å². The van der Waals surface area contributed by atoms with Gasteiger partial charge >= 0.3 is 6.18 Å². The summed E-state index contributed by atoms with van der Waals surface area (Å²) >= 11 is 0. The van der Waals surface area contributed by atoms with Crippen molar-refractivity contribution in [2.75, 3.05) is 0 Å². The molecule has 0 amide bonds. The van der Waals surface area contributed by atoms with Gasteiger partial charge in [-0.25, -0.2) is 8.78 Å². The smallest absolute Gasteiger partial charge is 0.323 e. The third-order valence-electron chi connectivity index (χ3n) is 1.95. The average molecular weight is 240 g/mol. The molecule has 2 nitrogen and oxygen atoms in total. The minimum Gasteiger partial charge on any atom is -0.323 e. The van der Waals surface area contributed by atoms with Gasteiger partial charge in [-0.1, -0.05) is 0 Å². The van der Waals surface area contributed by atoms with Crippen molar-refractivity contribution in [3.63, 3.8) is 0 Å².